The van der Waals surface area contributed by atoms with Gasteiger partial charge in [0.2, 0.25) is 15.9 Å². The maximum absolute atomic E-state index is 12.4. The molecule has 0 unspecified atom stereocenters. The first-order chi connectivity index (χ1) is 14.3. The summed E-state index contributed by atoms with van der Waals surface area (Å²) in [6, 6.07) is 9.76. The van der Waals surface area contributed by atoms with Gasteiger partial charge in [0.25, 0.3) is 0 Å². The highest BCUT2D eigenvalue weighted by Gasteiger charge is 2.28. The smallest absolute Gasteiger partial charge is 0.240 e. The van der Waals surface area contributed by atoms with Crippen molar-refractivity contribution in [3.8, 4) is 11.5 Å². The molecule has 0 radical (unpaired) electrons. The molecule has 1 aliphatic carbocycles. The predicted molar refractivity (Wildman–Crippen MR) is 116 cm³/mol. The fourth-order valence-electron chi connectivity index (χ4n) is 2.84. The number of anilines is 1. The summed E-state index contributed by atoms with van der Waals surface area (Å²) in [4.78, 5) is 12.4. The number of sulfonamides is 1. The van der Waals surface area contributed by atoms with Crippen LogP contribution < -0.4 is 19.5 Å². The van der Waals surface area contributed by atoms with Gasteiger partial charge in [0.05, 0.1) is 24.3 Å². The maximum Gasteiger partial charge on any atom is 0.240 e. The molecule has 2 N–H and O–H groups in total. The molecule has 1 fully saturated rings. The monoisotopic (exact) mass is 452 g/mol. The molecule has 162 valence electrons. The van der Waals surface area contributed by atoms with Crippen LogP contribution in [-0.4, -0.2) is 34.1 Å². The third-order valence-corrected chi connectivity index (χ3v) is 6.35. The molecule has 0 aromatic heterocycles. The van der Waals surface area contributed by atoms with Crippen LogP contribution in [0.1, 0.15) is 31.2 Å². The number of hydrogen-bond donors (Lipinski definition) is 2. The number of hydrogen-bond acceptors (Lipinski definition) is 5. The van der Waals surface area contributed by atoms with E-state index in [9.17, 15) is 13.2 Å². The third kappa shape index (κ3) is 6.10. The second-order valence-corrected chi connectivity index (χ2v) is 9.32. The number of aryl methyl sites for hydroxylation is 1. The Bertz CT molecular complexity index is 1020. The van der Waals surface area contributed by atoms with Gasteiger partial charge in [-0.05, 0) is 68.1 Å². The average molecular weight is 453 g/mol. The van der Waals surface area contributed by atoms with E-state index in [1.54, 1.807) is 12.1 Å². The quantitative estimate of drug-likeness (QED) is 0.533. The second-order valence-electron chi connectivity index (χ2n) is 7.17. The molecule has 0 atom stereocenters. The molecule has 9 heteroatoms. The van der Waals surface area contributed by atoms with E-state index < -0.39 is 10.0 Å². The Hall–Kier alpha value is -2.29. The van der Waals surface area contributed by atoms with Crippen LogP contribution in [0.3, 0.4) is 0 Å². The van der Waals surface area contributed by atoms with E-state index in [1.807, 2.05) is 13.0 Å². The number of benzene rings is 2. The van der Waals surface area contributed by atoms with Crippen molar-refractivity contribution in [2.24, 2.45) is 0 Å². The van der Waals surface area contributed by atoms with Crippen molar-refractivity contribution in [1.29, 1.82) is 0 Å². The van der Waals surface area contributed by atoms with Crippen LogP contribution in [-0.2, 0) is 14.8 Å². The Morgan fingerprint density at radius 2 is 1.90 bits per heavy atom. The van der Waals surface area contributed by atoms with Crippen molar-refractivity contribution in [3.05, 3.63) is 47.0 Å². The third-order valence-electron chi connectivity index (χ3n) is 4.60. The van der Waals surface area contributed by atoms with Crippen molar-refractivity contribution >= 4 is 33.2 Å². The summed E-state index contributed by atoms with van der Waals surface area (Å²) in [7, 11) is -2.16. The zero-order chi connectivity index (χ0) is 21.7. The molecule has 3 rings (SSSR count). The molecule has 0 aliphatic heterocycles. The standard InChI is InChI=1S/C21H25ClN2O5S/c1-14-12-15(22)5-9-19(14)29-11-3-4-21(25)23-18-13-17(8-10-20(18)28-2)30(26,27)24-16-6-7-16/h5,8-10,12-13,16,24H,3-4,6-7,11H2,1-2H3,(H,23,25). The zero-order valence-electron chi connectivity index (χ0n) is 16.9. The Labute approximate surface area is 181 Å². The van der Waals surface area contributed by atoms with Gasteiger partial charge in [0, 0.05) is 17.5 Å². The summed E-state index contributed by atoms with van der Waals surface area (Å²) in [6.45, 7) is 2.27. The SMILES string of the molecule is COc1ccc(S(=O)(=O)NC2CC2)cc1NC(=O)CCCOc1ccc(Cl)cc1C. The number of amides is 1. The number of nitrogens with one attached hydrogen (secondary N) is 2. The van der Waals surface area contributed by atoms with Crippen molar-refractivity contribution in [1.82, 2.24) is 4.72 Å². The number of halogens is 1. The van der Waals surface area contributed by atoms with E-state index in [4.69, 9.17) is 21.1 Å². The van der Waals surface area contributed by atoms with Gasteiger partial charge in [-0.2, -0.15) is 0 Å². The first-order valence-electron chi connectivity index (χ1n) is 9.67. The summed E-state index contributed by atoms with van der Waals surface area (Å²) in [6.07, 6.45) is 2.40. The molecule has 1 saturated carbocycles. The molecular weight excluding hydrogens is 428 g/mol. The van der Waals surface area contributed by atoms with Crippen LogP contribution in [0.4, 0.5) is 5.69 Å². The molecule has 1 amide bonds. The first kappa shape index (κ1) is 22.4. The topological polar surface area (TPSA) is 93.7 Å². The highest BCUT2D eigenvalue weighted by Crippen LogP contribution is 2.29. The molecule has 1 aliphatic rings. The van der Waals surface area contributed by atoms with E-state index in [1.165, 1.54) is 25.3 Å². The van der Waals surface area contributed by atoms with Gasteiger partial charge in [-0.25, -0.2) is 13.1 Å². The zero-order valence-corrected chi connectivity index (χ0v) is 18.5. The van der Waals surface area contributed by atoms with E-state index in [0.717, 1.165) is 24.2 Å². The van der Waals surface area contributed by atoms with Crippen molar-refractivity contribution in [3.63, 3.8) is 0 Å². The van der Waals surface area contributed by atoms with Gasteiger partial charge >= 0.3 is 0 Å². The minimum Gasteiger partial charge on any atom is -0.495 e. The van der Waals surface area contributed by atoms with Crippen LogP contribution >= 0.6 is 11.6 Å². The summed E-state index contributed by atoms with van der Waals surface area (Å²) < 4.78 is 38.4. The van der Waals surface area contributed by atoms with Crippen LogP contribution in [0, 0.1) is 6.92 Å². The normalized spacial score (nSPS) is 13.7. The number of methoxy groups -OCH3 is 1. The van der Waals surface area contributed by atoms with Gasteiger partial charge in [-0.1, -0.05) is 11.6 Å². The molecule has 0 heterocycles. The fourth-order valence-corrected chi connectivity index (χ4v) is 4.40. The van der Waals surface area contributed by atoms with Crippen LogP contribution in [0.2, 0.25) is 5.02 Å². The van der Waals surface area contributed by atoms with Gasteiger partial charge in [0.1, 0.15) is 11.5 Å². The molecule has 30 heavy (non-hydrogen) atoms. The first-order valence-corrected chi connectivity index (χ1v) is 11.5. The number of carbonyl (C=O) groups is 1. The highest BCUT2D eigenvalue weighted by molar-refractivity contribution is 7.89. The average Bonchev–Trinajstić information content (AvgIpc) is 3.50. The van der Waals surface area contributed by atoms with E-state index in [0.29, 0.717) is 29.5 Å². The minimum absolute atomic E-state index is 0.000537. The van der Waals surface area contributed by atoms with Crippen LogP contribution in [0.5, 0.6) is 11.5 Å². The van der Waals surface area contributed by atoms with Gasteiger partial charge in [0.15, 0.2) is 0 Å². The molecular formula is C21H25ClN2O5S. The molecule has 0 spiro atoms. The summed E-state index contributed by atoms with van der Waals surface area (Å²) in [5.41, 5.74) is 1.24. The van der Waals surface area contributed by atoms with Crippen molar-refractivity contribution in [2.45, 2.75) is 43.5 Å². The van der Waals surface area contributed by atoms with E-state index in [-0.39, 0.29) is 23.3 Å². The summed E-state index contributed by atoms with van der Waals surface area (Å²) in [5, 5.41) is 3.37. The Morgan fingerprint density at radius 3 is 2.57 bits per heavy atom. The van der Waals surface area contributed by atoms with Crippen LogP contribution in [0.15, 0.2) is 41.3 Å². The summed E-state index contributed by atoms with van der Waals surface area (Å²) in [5.74, 6) is 0.860. The van der Waals surface area contributed by atoms with Crippen molar-refractivity contribution in [2.75, 3.05) is 19.0 Å². The number of rotatable bonds is 10. The lowest BCUT2D eigenvalue weighted by molar-refractivity contribution is -0.116. The lowest BCUT2D eigenvalue weighted by atomic mass is 10.2. The van der Waals surface area contributed by atoms with Crippen LogP contribution in [0.25, 0.3) is 0 Å². The summed E-state index contributed by atoms with van der Waals surface area (Å²) >= 11 is 5.93. The molecule has 2 aromatic rings. The van der Waals surface area contributed by atoms with Gasteiger partial charge < -0.3 is 14.8 Å². The molecule has 0 bridgehead atoms. The van der Waals surface area contributed by atoms with Gasteiger partial charge in [-0.15, -0.1) is 0 Å². The predicted octanol–water partition coefficient (Wildman–Crippen LogP) is 3.90. The largest absolute Gasteiger partial charge is 0.495 e. The second kappa shape index (κ2) is 9.68. The Balaban J connectivity index is 1.56. The van der Waals surface area contributed by atoms with E-state index >= 15 is 0 Å². The lowest BCUT2D eigenvalue weighted by Gasteiger charge is -2.13. The van der Waals surface area contributed by atoms with Crippen molar-refractivity contribution < 1.29 is 22.7 Å². The van der Waals surface area contributed by atoms with E-state index in [2.05, 4.69) is 10.0 Å². The molecule has 0 saturated heterocycles. The Morgan fingerprint density at radius 1 is 1.17 bits per heavy atom. The molecule has 7 nitrogen and oxygen atoms in total. The fraction of sp³-hybridized carbons (Fsp3) is 0.381. The highest BCUT2D eigenvalue weighted by atomic mass is 35.5. The minimum atomic E-state index is -3.63. The lowest BCUT2D eigenvalue weighted by Crippen LogP contribution is -2.26. The van der Waals surface area contributed by atoms with Gasteiger partial charge in [-0.3, -0.25) is 4.79 Å². The number of carbonyl (C=O) groups excluding carboxylic acids is 1. The number of ether oxygens (including phenoxy) is 2. The molecule has 2 aromatic carbocycles. The maximum atomic E-state index is 12.4. The Kier molecular flexibility index (Phi) is 7.23.